The molecule has 0 radical (unpaired) electrons. The van der Waals surface area contributed by atoms with E-state index >= 15 is 0 Å². The van der Waals surface area contributed by atoms with Crippen LogP contribution in [0, 0.1) is 0 Å². The number of aromatic nitrogens is 2. The molecular formula is C14H12ClN3O. The van der Waals surface area contributed by atoms with Gasteiger partial charge in [-0.15, -0.1) is 0 Å². The second-order valence-corrected chi connectivity index (χ2v) is 4.76. The molecule has 0 bridgehead atoms. The van der Waals surface area contributed by atoms with Crippen LogP contribution in [0.15, 0.2) is 47.3 Å². The van der Waals surface area contributed by atoms with E-state index in [0.717, 1.165) is 27.3 Å². The van der Waals surface area contributed by atoms with Crippen molar-refractivity contribution >= 4 is 28.3 Å². The van der Waals surface area contributed by atoms with E-state index < -0.39 is 0 Å². The Bertz CT molecular complexity index is 758. The highest BCUT2D eigenvalue weighted by Crippen LogP contribution is 2.16. The minimum atomic E-state index is -0.190. The van der Waals surface area contributed by atoms with Crippen molar-refractivity contribution in [2.45, 2.75) is 6.54 Å². The molecule has 1 aromatic heterocycles. The van der Waals surface area contributed by atoms with E-state index in [9.17, 15) is 4.79 Å². The molecule has 19 heavy (non-hydrogen) atoms. The Morgan fingerprint density at radius 1 is 1.00 bits per heavy atom. The van der Waals surface area contributed by atoms with Crippen LogP contribution >= 0.6 is 11.6 Å². The number of aromatic amines is 2. The fourth-order valence-corrected chi connectivity index (χ4v) is 2.07. The molecule has 0 aliphatic carbocycles. The number of halogens is 1. The lowest BCUT2D eigenvalue weighted by atomic mass is 10.2. The Morgan fingerprint density at radius 3 is 2.53 bits per heavy atom. The van der Waals surface area contributed by atoms with Gasteiger partial charge in [-0.3, -0.25) is 0 Å². The van der Waals surface area contributed by atoms with Crippen molar-refractivity contribution in [2.75, 3.05) is 5.32 Å². The van der Waals surface area contributed by atoms with Gasteiger partial charge < -0.3 is 15.3 Å². The van der Waals surface area contributed by atoms with Crippen LogP contribution in [0.5, 0.6) is 0 Å². The maximum atomic E-state index is 11.2. The van der Waals surface area contributed by atoms with Gasteiger partial charge in [0.25, 0.3) is 0 Å². The molecule has 0 atom stereocenters. The topological polar surface area (TPSA) is 60.7 Å². The first kappa shape index (κ1) is 11.9. The molecule has 3 aromatic rings. The molecule has 0 aliphatic rings. The Morgan fingerprint density at radius 2 is 1.74 bits per heavy atom. The smallest absolute Gasteiger partial charge is 0.323 e. The summed E-state index contributed by atoms with van der Waals surface area (Å²) in [6, 6.07) is 13.4. The normalized spacial score (nSPS) is 10.8. The van der Waals surface area contributed by atoms with Crippen LogP contribution in [-0.2, 0) is 6.54 Å². The number of anilines is 1. The third-order valence-corrected chi connectivity index (χ3v) is 3.18. The number of nitrogens with one attached hydrogen (secondary N) is 3. The fourth-order valence-electron chi connectivity index (χ4n) is 1.95. The van der Waals surface area contributed by atoms with Crippen LogP contribution in [0.2, 0.25) is 5.02 Å². The second-order valence-electron chi connectivity index (χ2n) is 4.32. The van der Waals surface area contributed by atoms with E-state index in [1.54, 1.807) is 0 Å². The first-order valence-electron chi connectivity index (χ1n) is 5.91. The standard InChI is InChI=1S/C14H12ClN3O/c15-10-3-1-9(2-4-10)8-16-11-5-6-12-13(7-11)18-14(19)17-12/h1-7,16H,8H2,(H2,17,18,19). The van der Waals surface area contributed by atoms with Gasteiger partial charge in [0.05, 0.1) is 11.0 Å². The van der Waals surface area contributed by atoms with Gasteiger partial charge in [0.15, 0.2) is 0 Å². The van der Waals surface area contributed by atoms with Crippen molar-refractivity contribution in [2.24, 2.45) is 0 Å². The van der Waals surface area contributed by atoms with Gasteiger partial charge in [0.1, 0.15) is 0 Å². The van der Waals surface area contributed by atoms with Crippen molar-refractivity contribution in [3.8, 4) is 0 Å². The Labute approximate surface area is 114 Å². The molecule has 0 saturated carbocycles. The number of hydrogen-bond donors (Lipinski definition) is 3. The molecule has 0 unspecified atom stereocenters. The zero-order valence-corrected chi connectivity index (χ0v) is 10.8. The fraction of sp³-hybridized carbons (Fsp3) is 0.0714. The van der Waals surface area contributed by atoms with Gasteiger partial charge >= 0.3 is 5.69 Å². The van der Waals surface area contributed by atoms with Crippen LogP contribution in [0.3, 0.4) is 0 Å². The monoisotopic (exact) mass is 273 g/mol. The summed E-state index contributed by atoms with van der Waals surface area (Å²) in [5, 5.41) is 4.03. The van der Waals surface area contributed by atoms with Crippen molar-refractivity contribution in [3.05, 3.63) is 63.5 Å². The average Bonchev–Trinajstić information content (AvgIpc) is 2.77. The lowest BCUT2D eigenvalue weighted by molar-refractivity contribution is 1.15. The summed E-state index contributed by atoms with van der Waals surface area (Å²) in [6.45, 7) is 0.706. The summed E-state index contributed by atoms with van der Waals surface area (Å²) >= 11 is 5.84. The van der Waals surface area contributed by atoms with E-state index in [1.807, 2.05) is 42.5 Å². The minimum Gasteiger partial charge on any atom is -0.381 e. The summed E-state index contributed by atoms with van der Waals surface area (Å²) in [7, 11) is 0. The van der Waals surface area contributed by atoms with E-state index in [-0.39, 0.29) is 5.69 Å². The molecule has 2 aromatic carbocycles. The Kier molecular flexibility index (Phi) is 3.01. The molecule has 4 nitrogen and oxygen atoms in total. The molecule has 5 heteroatoms. The lowest BCUT2D eigenvalue weighted by Crippen LogP contribution is -1.99. The van der Waals surface area contributed by atoms with Crippen molar-refractivity contribution in [3.63, 3.8) is 0 Å². The molecule has 0 aliphatic heterocycles. The zero-order chi connectivity index (χ0) is 13.2. The predicted octanol–water partition coefficient (Wildman–Crippen LogP) is 3.12. The van der Waals surface area contributed by atoms with E-state index in [1.165, 1.54) is 0 Å². The summed E-state index contributed by atoms with van der Waals surface area (Å²) in [5.74, 6) is 0. The first-order chi connectivity index (χ1) is 9.20. The molecule has 96 valence electrons. The van der Waals surface area contributed by atoms with E-state index in [4.69, 9.17) is 11.6 Å². The number of benzene rings is 2. The Balaban J connectivity index is 1.77. The zero-order valence-electron chi connectivity index (χ0n) is 10.0. The molecule has 0 saturated heterocycles. The van der Waals surface area contributed by atoms with Crippen LogP contribution in [0.1, 0.15) is 5.56 Å². The number of hydrogen-bond acceptors (Lipinski definition) is 2. The highest BCUT2D eigenvalue weighted by molar-refractivity contribution is 6.30. The Hall–Kier alpha value is -2.20. The third-order valence-electron chi connectivity index (χ3n) is 2.93. The van der Waals surface area contributed by atoms with Crippen LogP contribution in [0.25, 0.3) is 11.0 Å². The lowest BCUT2D eigenvalue weighted by Gasteiger charge is -2.06. The summed E-state index contributed by atoms with van der Waals surface area (Å²) in [4.78, 5) is 16.6. The highest BCUT2D eigenvalue weighted by atomic mass is 35.5. The minimum absolute atomic E-state index is 0.190. The second kappa shape index (κ2) is 4.82. The molecule has 0 fully saturated rings. The van der Waals surface area contributed by atoms with Gasteiger partial charge in [-0.05, 0) is 35.9 Å². The summed E-state index contributed by atoms with van der Waals surface area (Å²) < 4.78 is 0. The SMILES string of the molecule is O=c1[nH]c2ccc(NCc3ccc(Cl)cc3)cc2[nH]1. The number of rotatable bonds is 3. The molecule has 0 amide bonds. The van der Waals surface area contributed by atoms with Gasteiger partial charge in [-0.25, -0.2) is 4.79 Å². The van der Waals surface area contributed by atoms with E-state index in [2.05, 4.69) is 15.3 Å². The molecular weight excluding hydrogens is 262 g/mol. The largest absolute Gasteiger partial charge is 0.381 e. The molecule has 3 rings (SSSR count). The third kappa shape index (κ3) is 2.63. The number of fused-ring (bicyclic) bond motifs is 1. The van der Waals surface area contributed by atoms with E-state index in [0.29, 0.717) is 6.54 Å². The highest BCUT2D eigenvalue weighted by Gasteiger charge is 2.00. The number of imidazole rings is 1. The van der Waals surface area contributed by atoms with Crippen LogP contribution < -0.4 is 11.0 Å². The molecule has 0 spiro atoms. The molecule has 1 heterocycles. The van der Waals surface area contributed by atoms with Crippen molar-refractivity contribution in [1.82, 2.24) is 9.97 Å². The average molecular weight is 274 g/mol. The number of H-pyrrole nitrogens is 2. The summed E-state index contributed by atoms with van der Waals surface area (Å²) in [6.07, 6.45) is 0. The van der Waals surface area contributed by atoms with Crippen molar-refractivity contribution in [1.29, 1.82) is 0 Å². The maximum absolute atomic E-state index is 11.2. The van der Waals surface area contributed by atoms with Gasteiger partial charge in [-0.1, -0.05) is 23.7 Å². The molecule has 3 N–H and O–H groups in total. The maximum Gasteiger partial charge on any atom is 0.323 e. The van der Waals surface area contributed by atoms with Gasteiger partial charge in [0.2, 0.25) is 0 Å². The predicted molar refractivity (Wildman–Crippen MR) is 77.7 cm³/mol. The van der Waals surface area contributed by atoms with Crippen molar-refractivity contribution < 1.29 is 0 Å². The quantitative estimate of drug-likeness (QED) is 0.687. The first-order valence-corrected chi connectivity index (χ1v) is 6.29. The van der Waals surface area contributed by atoms with Crippen LogP contribution in [0.4, 0.5) is 5.69 Å². The van der Waals surface area contributed by atoms with Gasteiger partial charge in [0, 0.05) is 17.3 Å². The summed E-state index contributed by atoms with van der Waals surface area (Å²) in [5.41, 5.74) is 3.52. The van der Waals surface area contributed by atoms with Gasteiger partial charge in [-0.2, -0.15) is 0 Å². The van der Waals surface area contributed by atoms with Crippen LogP contribution in [-0.4, -0.2) is 9.97 Å².